The maximum Gasteiger partial charge on any atom is 0.228 e. The molecule has 94 valence electrons. The van der Waals surface area contributed by atoms with E-state index in [1.54, 1.807) is 11.9 Å². The van der Waals surface area contributed by atoms with Gasteiger partial charge < -0.3 is 10.0 Å². The fourth-order valence-electron chi connectivity index (χ4n) is 3.42. The summed E-state index contributed by atoms with van der Waals surface area (Å²) in [7, 11) is 1.80. The molecule has 1 N–H and O–H groups in total. The molecule has 0 aromatic carbocycles. The Balaban J connectivity index is 2.42. The minimum atomic E-state index is -0.533. The van der Waals surface area contributed by atoms with Gasteiger partial charge >= 0.3 is 0 Å². The van der Waals surface area contributed by atoms with Crippen molar-refractivity contribution in [1.82, 2.24) is 4.90 Å². The monoisotopic (exact) mass is 237 g/mol. The van der Waals surface area contributed by atoms with Crippen molar-refractivity contribution in [3.8, 4) is 0 Å². The van der Waals surface area contributed by atoms with Crippen molar-refractivity contribution in [3.63, 3.8) is 0 Å². The summed E-state index contributed by atoms with van der Waals surface area (Å²) in [5.74, 6) is 0.00646. The lowest BCUT2D eigenvalue weighted by Crippen LogP contribution is -2.56. The highest BCUT2D eigenvalue weighted by molar-refractivity contribution is 6.00. The zero-order valence-corrected chi connectivity index (χ0v) is 10.6. The van der Waals surface area contributed by atoms with Crippen molar-refractivity contribution in [2.75, 3.05) is 13.6 Å². The van der Waals surface area contributed by atoms with Crippen LogP contribution in [-0.2, 0) is 9.59 Å². The van der Waals surface area contributed by atoms with E-state index < -0.39 is 5.41 Å². The number of aliphatic hydroxyl groups excluding tert-OH is 1. The van der Waals surface area contributed by atoms with Gasteiger partial charge in [0.15, 0.2) is 5.78 Å². The van der Waals surface area contributed by atoms with Gasteiger partial charge in [-0.15, -0.1) is 0 Å². The lowest BCUT2D eigenvalue weighted by atomic mass is 9.58. The summed E-state index contributed by atoms with van der Waals surface area (Å²) in [5.41, 5.74) is -0.144. The number of piperidine rings is 1. The Morgan fingerprint density at radius 1 is 1.47 bits per heavy atom. The van der Waals surface area contributed by atoms with Crippen LogP contribution in [0.3, 0.4) is 0 Å². The van der Waals surface area contributed by atoms with Gasteiger partial charge in [-0.3, -0.25) is 9.59 Å². The molecule has 1 saturated carbocycles. The predicted molar refractivity (Wildman–Crippen MR) is 63.4 cm³/mol. The van der Waals surface area contributed by atoms with Crippen LogP contribution in [0.1, 0.15) is 26.7 Å². The number of aliphatic hydroxyl groups is 1. The normalized spacial score (nSPS) is 40.6. The number of nitrogens with zero attached hydrogens (tertiary/aromatic N) is 1. The second-order valence-electron chi connectivity index (χ2n) is 5.52. The van der Waals surface area contributed by atoms with E-state index in [9.17, 15) is 9.59 Å². The minimum absolute atomic E-state index is 0.00710. The average molecular weight is 237 g/mol. The van der Waals surface area contributed by atoms with E-state index in [1.165, 1.54) is 0 Å². The van der Waals surface area contributed by atoms with Crippen LogP contribution in [0.5, 0.6) is 0 Å². The molecule has 3 unspecified atom stereocenters. The second kappa shape index (κ2) is 3.86. The molecule has 4 heteroatoms. The van der Waals surface area contributed by atoms with E-state index in [4.69, 9.17) is 5.11 Å². The highest BCUT2D eigenvalue weighted by atomic mass is 16.2. The first-order chi connectivity index (χ1) is 7.91. The van der Waals surface area contributed by atoms with Gasteiger partial charge in [0.25, 0.3) is 0 Å². The smallest absolute Gasteiger partial charge is 0.228 e. The molecule has 0 bridgehead atoms. The van der Waals surface area contributed by atoms with Crippen molar-refractivity contribution in [2.45, 2.75) is 26.7 Å². The van der Waals surface area contributed by atoms with Gasteiger partial charge in [0.1, 0.15) is 0 Å². The molecule has 1 aliphatic heterocycles. The number of hydrogen-bond acceptors (Lipinski definition) is 3. The molecule has 2 fully saturated rings. The Morgan fingerprint density at radius 2 is 2.12 bits per heavy atom. The molecule has 0 spiro atoms. The van der Waals surface area contributed by atoms with E-state index >= 15 is 0 Å². The van der Waals surface area contributed by atoms with Gasteiger partial charge in [-0.2, -0.15) is 0 Å². The molecule has 2 rings (SSSR count). The number of Topliss-reactive ketones (excluding diaryl/α,β-unsaturated/α-hetero) is 1. The molecule has 0 aromatic heterocycles. The first-order valence-corrected chi connectivity index (χ1v) is 6.05. The summed E-state index contributed by atoms with van der Waals surface area (Å²) in [6.07, 6.45) is 2.10. The molecule has 2 aliphatic rings. The zero-order chi connectivity index (χ0) is 12.8. The fraction of sp³-hybridized carbons (Fsp3) is 0.692. The Hall–Kier alpha value is -1.32. The summed E-state index contributed by atoms with van der Waals surface area (Å²) >= 11 is 0. The third-order valence-electron chi connectivity index (χ3n) is 4.48. The molecule has 3 atom stereocenters. The number of allylic oxidation sites excluding steroid dienone is 1. The molecule has 4 nitrogen and oxygen atoms in total. The topological polar surface area (TPSA) is 57.6 Å². The van der Waals surface area contributed by atoms with Crippen molar-refractivity contribution >= 4 is 11.7 Å². The minimum Gasteiger partial charge on any atom is -0.515 e. The Kier molecular flexibility index (Phi) is 2.76. The van der Waals surface area contributed by atoms with Crippen LogP contribution in [0.2, 0.25) is 0 Å². The maximum atomic E-state index is 12.3. The van der Waals surface area contributed by atoms with Crippen LogP contribution in [0.4, 0.5) is 0 Å². The van der Waals surface area contributed by atoms with Crippen molar-refractivity contribution < 1.29 is 14.7 Å². The SMILES string of the molecule is CC1C(=O)C(=CO)CC2(C)C(=O)N(C)CCC12. The molecule has 1 aliphatic carbocycles. The molecule has 1 amide bonds. The largest absolute Gasteiger partial charge is 0.515 e. The summed E-state index contributed by atoms with van der Waals surface area (Å²) in [4.78, 5) is 26.0. The first-order valence-electron chi connectivity index (χ1n) is 6.05. The molecule has 0 aromatic rings. The van der Waals surface area contributed by atoms with Crippen molar-refractivity contribution in [2.24, 2.45) is 17.3 Å². The van der Waals surface area contributed by atoms with Crippen LogP contribution < -0.4 is 0 Å². The number of hydrogen-bond donors (Lipinski definition) is 1. The predicted octanol–water partition coefficient (Wildman–Crippen LogP) is 1.52. The van der Waals surface area contributed by atoms with Crippen LogP contribution in [-0.4, -0.2) is 35.3 Å². The lowest BCUT2D eigenvalue weighted by molar-refractivity contribution is -0.154. The fourth-order valence-corrected chi connectivity index (χ4v) is 3.42. The number of fused-ring (bicyclic) bond motifs is 1. The molecular formula is C13H19NO3. The highest BCUT2D eigenvalue weighted by Gasteiger charge is 2.53. The van der Waals surface area contributed by atoms with Crippen molar-refractivity contribution in [1.29, 1.82) is 0 Å². The zero-order valence-electron chi connectivity index (χ0n) is 10.6. The number of ketones is 1. The van der Waals surface area contributed by atoms with E-state index in [2.05, 4.69) is 0 Å². The van der Waals surface area contributed by atoms with Crippen LogP contribution in [0, 0.1) is 17.3 Å². The van der Waals surface area contributed by atoms with E-state index in [1.807, 2.05) is 13.8 Å². The molecule has 17 heavy (non-hydrogen) atoms. The third-order valence-corrected chi connectivity index (χ3v) is 4.48. The van der Waals surface area contributed by atoms with Crippen LogP contribution in [0.25, 0.3) is 0 Å². The third kappa shape index (κ3) is 1.58. The Bertz CT molecular complexity index is 401. The number of likely N-dealkylation sites (tertiary alicyclic amines) is 1. The van der Waals surface area contributed by atoms with Crippen LogP contribution >= 0.6 is 0 Å². The van der Waals surface area contributed by atoms with Gasteiger partial charge in [0.05, 0.1) is 11.7 Å². The summed E-state index contributed by atoms with van der Waals surface area (Å²) in [5, 5.41) is 9.13. The number of carbonyl (C=O) groups is 2. The van der Waals surface area contributed by atoms with Crippen molar-refractivity contribution in [3.05, 3.63) is 11.8 Å². The molecule has 1 saturated heterocycles. The van der Waals surface area contributed by atoms with E-state index in [0.29, 0.717) is 12.0 Å². The summed E-state index contributed by atoms with van der Waals surface area (Å²) in [6.45, 7) is 4.50. The van der Waals surface area contributed by atoms with Gasteiger partial charge in [-0.1, -0.05) is 13.8 Å². The van der Waals surface area contributed by atoms with Gasteiger partial charge in [0.2, 0.25) is 5.91 Å². The van der Waals surface area contributed by atoms with Gasteiger partial charge in [-0.05, 0) is 18.8 Å². The van der Waals surface area contributed by atoms with Gasteiger partial charge in [-0.25, -0.2) is 0 Å². The molecule has 0 radical (unpaired) electrons. The second-order valence-corrected chi connectivity index (χ2v) is 5.52. The van der Waals surface area contributed by atoms with E-state index in [0.717, 1.165) is 19.2 Å². The molecule has 1 heterocycles. The Morgan fingerprint density at radius 3 is 2.71 bits per heavy atom. The van der Waals surface area contributed by atoms with Gasteiger partial charge in [0, 0.05) is 25.1 Å². The Labute approximate surface area is 101 Å². The maximum absolute atomic E-state index is 12.3. The highest BCUT2D eigenvalue weighted by Crippen LogP contribution is 2.49. The quantitative estimate of drug-likeness (QED) is 0.513. The number of rotatable bonds is 0. The lowest BCUT2D eigenvalue weighted by Gasteiger charge is -2.49. The van der Waals surface area contributed by atoms with Crippen LogP contribution in [0.15, 0.2) is 11.8 Å². The van der Waals surface area contributed by atoms with E-state index in [-0.39, 0.29) is 23.5 Å². The summed E-state index contributed by atoms with van der Waals surface area (Å²) in [6, 6.07) is 0. The average Bonchev–Trinajstić information content (AvgIpc) is 2.31. The standard InChI is InChI=1S/C13H19NO3/c1-8-10-4-5-14(3)12(17)13(10,2)6-9(7-15)11(8)16/h7-8,10,15H,4-6H2,1-3H3. The number of carbonyl (C=O) groups excluding carboxylic acids is 2. The molecular weight excluding hydrogens is 218 g/mol. The number of amides is 1. The first kappa shape index (κ1) is 12.1. The summed E-state index contributed by atoms with van der Waals surface area (Å²) < 4.78 is 0.